The molecule has 0 bridgehead atoms. The van der Waals surface area contributed by atoms with E-state index in [1.54, 1.807) is 0 Å². The van der Waals surface area contributed by atoms with Crippen LogP contribution in [0.15, 0.2) is 0 Å². The van der Waals surface area contributed by atoms with Crippen LogP contribution in [0.4, 0.5) is 13.2 Å². The van der Waals surface area contributed by atoms with Crippen molar-refractivity contribution in [1.82, 2.24) is 4.90 Å². The van der Waals surface area contributed by atoms with Crippen LogP contribution < -0.4 is 0 Å². The van der Waals surface area contributed by atoms with Gasteiger partial charge in [-0.2, -0.15) is 21.6 Å². The van der Waals surface area contributed by atoms with E-state index < -0.39 is 70.5 Å². The summed E-state index contributed by atoms with van der Waals surface area (Å²) in [6, 6.07) is -0.861. The normalized spacial score (nSPS) is 30.3. The van der Waals surface area contributed by atoms with Crippen LogP contribution in [0.25, 0.3) is 0 Å². The zero-order valence-corrected chi connectivity index (χ0v) is 16.5. The molecule has 29 heavy (non-hydrogen) atoms. The third-order valence-electron chi connectivity index (χ3n) is 4.40. The maximum Gasteiger partial charge on any atom is 0.523 e. The first-order valence-electron chi connectivity index (χ1n) is 8.48. The van der Waals surface area contributed by atoms with Crippen LogP contribution in [0, 0.1) is 0 Å². The van der Waals surface area contributed by atoms with Gasteiger partial charge in [0.15, 0.2) is 12.2 Å². The molecule has 0 saturated carbocycles. The minimum Gasteiger partial charge on any atom is -0.461 e. The topological polar surface area (TPSA) is 126 Å². The van der Waals surface area contributed by atoms with E-state index in [9.17, 15) is 36.0 Å². The first-order valence-corrected chi connectivity index (χ1v) is 9.89. The van der Waals surface area contributed by atoms with E-state index in [0.717, 1.165) is 20.8 Å². The Balaban J connectivity index is 2.43. The van der Waals surface area contributed by atoms with Crippen molar-refractivity contribution in [2.75, 3.05) is 13.1 Å². The Morgan fingerprint density at radius 3 is 1.90 bits per heavy atom. The summed E-state index contributed by atoms with van der Waals surface area (Å²) in [5.41, 5.74) is -5.70. The monoisotopic (exact) mass is 447 g/mol. The second kappa shape index (κ2) is 8.44. The summed E-state index contributed by atoms with van der Waals surface area (Å²) in [5, 5.41) is 0. The first-order chi connectivity index (χ1) is 13.2. The van der Waals surface area contributed by atoms with Gasteiger partial charge in [-0.3, -0.25) is 23.5 Å². The van der Waals surface area contributed by atoms with Crippen LogP contribution in [-0.2, 0) is 42.9 Å². The average molecular weight is 447 g/mol. The predicted molar refractivity (Wildman–Crippen MR) is 86.5 cm³/mol. The van der Waals surface area contributed by atoms with Gasteiger partial charge < -0.3 is 14.2 Å². The molecule has 2 rings (SSSR count). The van der Waals surface area contributed by atoms with Gasteiger partial charge in [-0.25, -0.2) is 0 Å². The zero-order valence-electron chi connectivity index (χ0n) is 15.7. The van der Waals surface area contributed by atoms with Crippen molar-refractivity contribution < 1.29 is 54.4 Å². The highest BCUT2D eigenvalue weighted by molar-refractivity contribution is 7.87. The summed E-state index contributed by atoms with van der Waals surface area (Å²) in [5.74, 6) is -2.46. The molecule has 0 unspecified atom stereocenters. The fraction of sp³-hybridized carbons (Fsp3) is 0.800. The van der Waals surface area contributed by atoms with Crippen LogP contribution >= 0.6 is 0 Å². The second-order valence-electron chi connectivity index (χ2n) is 6.60. The molecule has 2 heterocycles. The molecule has 0 aliphatic carbocycles. The second-order valence-corrected chi connectivity index (χ2v) is 8.17. The van der Waals surface area contributed by atoms with Crippen LogP contribution in [0.2, 0.25) is 0 Å². The number of rotatable bonds is 5. The summed E-state index contributed by atoms with van der Waals surface area (Å²) >= 11 is 0. The lowest BCUT2D eigenvalue weighted by atomic mass is 9.92. The van der Waals surface area contributed by atoms with Crippen molar-refractivity contribution in [3.8, 4) is 0 Å². The molecule has 10 nitrogen and oxygen atoms in total. The van der Waals surface area contributed by atoms with Gasteiger partial charge in [0.05, 0.1) is 6.04 Å². The number of carbonyl (C=O) groups excluding carboxylic acids is 3. The highest BCUT2D eigenvalue weighted by Crippen LogP contribution is 2.36. The number of fused-ring (bicyclic) bond motifs is 1. The number of hydrogen-bond acceptors (Lipinski definition) is 10. The number of carbonyl (C=O) groups is 3. The summed E-state index contributed by atoms with van der Waals surface area (Å²) in [6.07, 6.45) is -5.47. The number of ether oxygens (including phenoxy) is 3. The van der Waals surface area contributed by atoms with E-state index in [4.69, 9.17) is 14.2 Å². The molecular weight excluding hydrogens is 427 g/mol. The molecule has 5 atom stereocenters. The first kappa shape index (κ1) is 23.3. The molecule has 166 valence electrons. The van der Waals surface area contributed by atoms with E-state index in [2.05, 4.69) is 4.18 Å². The lowest BCUT2D eigenvalue weighted by Crippen LogP contribution is -2.65. The van der Waals surface area contributed by atoms with Crippen molar-refractivity contribution >= 4 is 28.0 Å². The number of esters is 3. The SMILES string of the molecule is CC(=O)O[C@@H]1[C@H](OC(C)=O)[C@H](OS(=O)(=O)C(F)(F)F)CN2CC[C@H](OC(C)=O)[C@@H]12. The molecule has 0 N–H and O–H groups in total. The summed E-state index contributed by atoms with van der Waals surface area (Å²) < 4.78 is 81.0. The minimum atomic E-state index is -6.02. The van der Waals surface area contributed by atoms with Crippen molar-refractivity contribution in [1.29, 1.82) is 0 Å². The Morgan fingerprint density at radius 1 is 0.897 bits per heavy atom. The molecule has 0 amide bonds. The molecule has 0 spiro atoms. The minimum absolute atomic E-state index is 0.194. The Hall–Kier alpha value is -1.93. The highest BCUT2D eigenvalue weighted by Gasteiger charge is 2.58. The van der Waals surface area contributed by atoms with Gasteiger partial charge in [0.25, 0.3) is 0 Å². The number of alkyl halides is 3. The standard InChI is InChI=1S/C15H20F3NO9S/c1-7(20)25-10-4-5-19-6-11(28-29(23,24)15(16,17)18)13(26-8(2)21)14(12(10)19)27-9(3)22/h10-14H,4-6H2,1-3H3/t10-,11+,12-,13+,14-/m0/s1. The Morgan fingerprint density at radius 2 is 1.41 bits per heavy atom. The van der Waals surface area contributed by atoms with Crippen molar-refractivity contribution in [2.24, 2.45) is 0 Å². The number of piperidine rings is 1. The third-order valence-corrected chi connectivity index (χ3v) is 5.47. The molecule has 14 heteroatoms. The summed E-state index contributed by atoms with van der Waals surface area (Å²) in [7, 11) is -6.02. The average Bonchev–Trinajstić information content (AvgIpc) is 2.90. The molecule has 0 aromatic heterocycles. The van der Waals surface area contributed by atoms with Gasteiger partial charge in [-0.05, 0) is 6.42 Å². The van der Waals surface area contributed by atoms with Crippen molar-refractivity contribution in [2.45, 2.75) is 63.2 Å². The van der Waals surface area contributed by atoms with Crippen molar-refractivity contribution in [3.05, 3.63) is 0 Å². The van der Waals surface area contributed by atoms with Gasteiger partial charge in [0.2, 0.25) is 0 Å². The molecule has 0 aromatic rings. The van der Waals surface area contributed by atoms with Crippen LogP contribution in [0.5, 0.6) is 0 Å². The van der Waals surface area contributed by atoms with E-state index in [1.807, 2.05) is 0 Å². The lowest BCUT2D eigenvalue weighted by Gasteiger charge is -2.45. The fourth-order valence-corrected chi connectivity index (χ4v) is 4.13. The molecule has 2 aliphatic heterocycles. The van der Waals surface area contributed by atoms with Crippen LogP contribution in [-0.4, -0.2) is 80.3 Å². The zero-order chi connectivity index (χ0) is 22.1. The molecule has 2 fully saturated rings. The summed E-state index contributed by atoms with van der Waals surface area (Å²) in [4.78, 5) is 35.9. The number of hydrogen-bond donors (Lipinski definition) is 0. The largest absolute Gasteiger partial charge is 0.523 e. The molecule has 0 aromatic carbocycles. The Kier molecular flexibility index (Phi) is 6.79. The fourth-order valence-electron chi connectivity index (χ4n) is 3.53. The van der Waals surface area contributed by atoms with Crippen LogP contribution in [0.3, 0.4) is 0 Å². The molecule has 2 saturated heterocycles. The maximum atomic E-state index is 12.8. The smallest absolute Gasteiger partial charge is 0.461 e. The number of nitrogens with zero attached hydrogens (tertiary/aromatic N) is 1. The predicted octanol–water partition coefficient (Wildman–Crippen LogP) is 0.104. The van der Waals surface area contributed by atoms with Gasteiger partial charge >= 0.3 is 33.5 Å². The summed E-state index contributed by atoms with van der Waals surface area (Å²) in [6.45, 7) is 2.91. The number of halogens is 3. The van der Waals surface area contributed by atoms with E-state index in [-0.39, 0.29) is 13.0 Å². The van der Waals surface area contributed by atoms with E-state index >= 15 is 0 Å². The molecule has 2 aliphatic rings. The van der Waals surface area contributed by atoms with Gasteiger partial charge in [-0.15, -0.1) is 0 Å². The Labute approximate surface area is 164 Å². The Bertz CT molecular complexity index is 769. The van der Waals surface area contributed by atoms with Gasteiger partial charge in [0, 0.05) is 33.9 Å². The van der Waals surface area contributed by atoms with Gasteiger partial charge in [-0.1, -0.05) is 0 Å². The molecular formula is C15H20F3NO9S. The van der Waals surface area contributed by atoms with Crippen LogP contribution in [0.1, 0.15) is 27.2 Å². The van der Waals surface area contributed by atoms with E-state index in [0.29, 0.717) is 0 Å². The van der Waals surface area contributed by atoms with E-state index in [1.165, 1.54) is 4.90 Å². The van der Waals surface area contributed by atoms with Crippen molar-refractivity contribution in [3.63, 3.8) is 0 Å². The molecule has 0 radical (unpaired) electrons. The van der Waals surface area contributed by atoms with Gasteiger partial charge in [0.1, 0.15) is 12.2 Å². The highest BCUT2D eigenvalue weighted by atomic mass is 32.2. The maximum absolute atomic E-state index is 12.8. The lowest BCUT2D eigenvalue weighted by molar-refractivity contribution is -0.197. The third kappa shape index (κ3) is 5.36. The quantitative estimate of drug-likeness (QED) is 0.248.